The molecule has 3 aromatic rings. The van der Waals surface area contributed by atoms with Gasteiger partial charge in [0, 0.05) is 17.1 Å². The third kappa shape index (κ3) is 4.03. The maximum atomic E-state index is 12.2. The van der Waals surface area contributed by atoms with Crippen LogP contribution < -0.4 is 10.6 Å². The van der Waals surface area contributed by atoms with E-state index in [0.717, 1.165) is 11.4 Å². The second kappa shape index (κ2) is 7.32. The van der Waals surface area contributed by atoms with E-state index in [4.69, 9.17) is 9.78 Å². The number of aromatic nitrogens is 1. The van der Waals surface area contributed by atoms with Gasteiger partial charge in [-0.25, -0.2) is 0 Å². The molecule has 0 atom stereocenters. The molecule has 2 aromatic carbocycles. The van der Waals surface area contributed by atoms with Crippen molar-refractivity contribution >= 4 is 23.0 Å². The zero-order chi connectivity index (χ0) is 17.6. The summed E-state index contributed by atoms with van der Waals surface area (Å²) >= 11 is 0. The van der Waals surface area contributed by atoms with Gasteiger partial charge in [0.25, 0.3) is 0 Å². The minimum absolute atomic E-state index is 0.0173. The number of para-hydroxylation sites is 1. The normalized spacial score (nSPS) is 10.1. The summed E-state index contributed by atoms with van der Waals surface area (Å²) in [4.78, 5) is 12.2. The molecule has 0 aliphatic heterocycles. The molecule has 0 saturated carbocycles. The van der Waals surface area contributed by atoms with Crippen LogP contribution in [0.15, 0.2) is 59.1 Å². The third-order valence-corrected chi connectivity index (χ3v) is 3.58. The summed E-state index contributed by atoms with van der Waals surface area (Å²) in [6.07, 6.45) is -0.0173. The van der Waals surface area contributed by atoms with Crippen molar-refractivity contribution in [1.82, 2.24) is 5.16 Å². The Morgan fingerprint density at radius 2 is 1.84 bits per heavy atom. The lowest BCUT2D eigenvalue weighted by molar-refractivity contribution is -0.115. The highest BCUT2D eigenvalue weighted by Crippen LogP contribution is 2.20. The molecule has 0 fully saturated rings. The summed E-state index contributed by atoms with van der Waals surface area (Å²) in [6, 6.07) is 19.2. The number of aryl methyl sites for hydroxylation is 1. The fourth-order valence-electron chi connectivity index (χ4n) is 2.40. The molecule has 0 radical (unpaired) electrons. The first kappa shape index (κ1) is 16.3. The van der Waals surface area contributed by atoms with Gasteiger partial charge in [0.05, 0.1) is 6.42 Å². The van der Waals surface area contributed by atoms with Crippen molar-refractivity contribution in [2.24, 2.45) is 0 Å². The molecule has 0 aliphatic rings. The van der Waals surface area contributed by atoms with Crippen molar-refractivity contribution in [2.75, 3.05) is 10.6 Å². The van der Waals surface area contributed by atoms with Gasteiger partial charge in [-0.05, 0) is 37.3 Å². The Kier molecular flexibility index (Phi) is 4.77. The van der Waals surface area contributed by atoms with E-state index >= 15 is 0 Å². The second-order valence-corrected chi connectivity index (χ2v) is 5.47. The molecule has 1 heterocycles. The van der Waals surface area contributed by atoms with Gasteiger partial charge >= 0.3 is 0 Å². The third-order valence-electron chi connectivity index (χ3n) is 3.58. The van der Waals surface area contributed by atoms with Crippen molar-refractivity contribution in [3.05, 3.63) is 71.6 Å². The Balaban J connectivity index is 1.67. The lowest BCUT2D eigenvalue weighted by Gasteiger charge is -2.09. The largest absolute Gasteiger partial charge is 0.360 e. The average molecular weight is 332 g/mol. The highest BCUT2D eigenvalue weighted by molar-refractivity contribution is 5.92. The maximum Gasteiger partial charge on any atom is 0.230 e. The summed E-state index contributed by atoms with van der Waals surface area (Å²) in [5.41, 5.74) is 3.14. The molecule has 25 heavy (non-hydrogen) atoms. The topological polar surface area (TPSA) is 90.9 Å². The summed E-state index contributed by atoms with van der Waals surface area (Å²) in [5.74, 6) is 0.154. The Bertz CT molecular complexity index is 926. The van der Waals surface area contributed by atoms with Gasteiger partial charge in [-0.15, -0.1) is 0 Å². The molecule has 0 unspecified atom stereocenters. The number of hydrogen-bond acceptors (Lipinski definition) is 5. The lowest BCUT2D eigenvalue weighted by Crippen LogP contribution is -2.15. The fourth-order valence-corrected chi connectivity index (χ4v) is 2.40. The smallest absolute Gasteiger partial charge is 0.230 e. The standard InChI is InChI=1S/C19H16N4O2/c1-13-17(12-20)18(23-25-13)11-19(24)22-16-9-5-8-15(10-16)21-14-6-3-2-4-7-14/h2-10,21H,11H2,1H3,(H,22,24). The molecular formula is C19H16N4O2. The number of rotatable bonds is 5. The van der Waals surface area contributed by atoms with Gasteiger partial charge in [-0.3, -0.25) is 4.79 Å². The maximum absolute atomic E-state index is 12.2. The van der Waals surface area contributed by atoms with E-state index in [1.807, 2.05) is 54.6 Å². The van der Waals surface area contributed by atoms with Crippen LogP contribution in [0.1, 0.15) is 17.0 Å². The van der Waals surface area contributed by atoms with Crippen LogP contribution in [0.2, 0.25) is 0 Å². The van der Waals surface area contributed by atoms with Crippen LogP contribution in [0.4, 0.5) is 17.1 Å². The number of nitrogens with zero attached hydrogens (tertiary/aromatic N) is 2. The summed E-state index contributed by atoms with van der Waals surface area (Å²) in [6.45, 7) is 1.64. The predicted molar refractivity (Wildman–Crippen MR) is 94.5 cm³/mol. The van der Waals surface area contributed by atoms with Gasteiger partial charge < -0.3 is 15.2 Å². The van der Waals surface area contributed by atoms with E-state index in [9.17, 15) is 4.79 Å². The molecular weight excluding hydrogens is 316 g/mol. The number of nitriles is 1. The van der Waals surface area contributed by atoms with E-state index < -0.39 is 0 Å². The molecule has 6 heteroatoms. The average Bonchev–Trinajstić information content (AvgIpc) is 2.95. The highest BCUT2D eigenvalue weighted by atomic mass is 16.5. The summed E-state index contributed by atoms with van der Waals surface area (Å²) in [5, 5.41) is 18.9. The van der Waals surface area contributed by atoms with Gasteiger partial charge in [-0.1, -0.05) is 29.4 Å². The Morgan fingerprint density at radius 1 is 1.12 bits per heavy atom. The number of carbonyl (C=O) groups excluding carboxylic acids is 1. The molecule has 2 N–H and O–H groups in total. The van der Waals surface area contributed by atoms with Gasteiger partial charge in [0.15, 0.2) is 5.76 Å². The van der Waals surface area contributed by atoms with Crippen molar-refractivity contribution in [3.63, 3.8) is 0 Å². The van der Waals surface area contributed by atoms with Crippen LogP contribution in [0.5, 0.6) is 0 Å². The zero-order valence-corrected chi connectivity index (χ0v) is 13.6. The lowest BCUT2D eigenvalue weighted by atomic mass is 10.1. The summed E-state index contributed by atoms with van der Waals surface area (Å²) < 4.78 is 4.96. The van der Waals surface area contributed by atoms with E-state index in [1.165, 1.54) is 0 Å². The number of amides is 1. The van der Waals surface area contributed by atoms with Crippen LogP contribution in [-0.2, 0) is 11.2 Å². The van der Waals surface area contributed by atoms with Gasteiger partial charge in [0.2, 0.25) is 5.91 Å². The van der Waals surface area contributed by atoms with E-state index in [-0.39, 0.29) is 12.3 Å². The van der Waals surface area contributed by atoms with E-state index in [0.29, 0.717) is 22.7 Å². The predicted octanol–water partition coefficient (Wildman–Crippen LogP) is 3.78. The first-order valence-corrected chi connectivity index (χ1v) is 7.73. The Labute approximate surface area is 145 Å². The molecule has 1 amide bonds. The van der Waals surface area contributed by atoms with Crippen molar-refractivity contribution in [1.29, 1.82) is 5.26 Å². The van der Waals surface area contributed by atoms with Crippen LogP contribution in [0, 0.1) is 18.3 Å². The molecule has 124 valence electrons. The molecule has 3 rings (SSSR count). The zero-order valence-electron chi connectivity index (χ0n) is 13.6. The SMILES string of the molecule is Cc1onc(CC(=O)Nc2cccc(Nc3ccccc3)c2)c1C#N. The highest BCUT2D eigenvalue weighted by Gasteiger charge is 2.15. The number of anilines is 3. The molecule has 6 nitrogen and oxygen atoms in total. The summed E-state index contributed by atoms with van der Waals surface area (Å²) in [7, 11) is 0. The Hall–Kier alpha value is -3.59. The fraction of sp³-hybridized carbons (Fsp3) is 0.105. The van der Waals surface area contributed by atoms with Crippen molar-refractivity contribution in [3.8, 4) is 6.07 Å². The van der Waals surface area contributed by atoms with Crippen molar-refractivity contribution < 1.29 is 9.32 Å². The first-order chi connectivity index (χ1) is 12.2. The number of nitrogens with one attached hydrogen (secondary N) is 2. The van der Waals surface area contributed by atoms with Crippen molar-refractivity contribution in [2.45, 2.75) is 13.3 Å². The molecule has 0 saturated heterocycles. The monoisotopic (exact) mass is 332 g/mol. The number of hydrogen-bond donors (Lipinski definition) is 2. The minimum atomic E-state index is -0.262. The van der Waals surface area contributed by atoms with Gasteiger partial charge in [-0.2, -0.15) is 5.26 Å². The van der Waals surface area contributed by atoms with Gasteiger partial charge in [0.1, 0.15) is 17.3 Å². The first-order valence-electron chi connectivity index (χ1n) is 7.73. The van der Waals surface area contributed by atoms with Crippen LogP contribution in [0.25, 0.3) is 0 Å². The Morgan fingerprint density at radius 3 is 2.60 bits per heavy atom. The van der Waals surface area contributed by atoms with Crippen LogP contribution >= 0.6 is 0 Å². The van der Waals surface area contributed by atoms with Crippen LogP contribution in [-0.4, -0.2) is 11.1 Å². The second-order valence-electron chi connectivity index (χ2n) is 5.47. The number of benzene rings is 2. The molecule has 1 aromatic heterocycles. The quantitative estimate of drug-likeness (QED) is 0.742. The van der Waals surface area contributed by atoms with E-state index in [2.05, 4.69) is 15.8 Å². The molecule has 0 aliphatic carbocycles. The molecule has 0 bridgehead atoms. The van der Waals surface area contributed by atoms with E-state index in [1.54, 1.807) is 13.0 Å². The minimum Gasteiger partial charge on any atom is -0.360 e. The molecule has 0 spiro atoms. The number of carbonyl (C=O) groups is 1. The van der Waals surface area contributed by atoms with Crippen LogP contribution in [0.3, 0.4) is 0 Å².